The topological polar surface area (TPSA) is 23.5 Å². The maximum atomic E-state index is 9.45. The van der Waals surface area contributed by atoms with E-state index in [1.54, 1.807) is 0 Å². The molecular weight excluding hydrogens is 361 g/mol. The summed E-state index contributed by atoms with van der Waals surface area (Å²) >= 11 is 2.36. The van der Waals surface area contributed by atoms with Crippen LogP contribution in [0, 0.1) is 3.57 Å². The minimum atomic E-state index is 0.101. The third-order valence-electron chi connectivity index (χ3n) is 3.32. The van der Waals surface area contributed by atoms with Gasteiger partial charge in [-0.3, -0.25) is 0 Å². The highest BCUT2D eigenvalue weighted by Gasteiger charge is 2.08. The summed E-state index contributed by atoms with van der Waals surface area (Å²) in [5, 5.41) is 9.45. The van der Waals surface area contributed by atoms with E-state index >= 15 is 0 Å². The Kier molecular flexibility index (Phi) is 5.57. The molecule has 0 bridgehead atoms. The van der Waals surface area contributed by atoms with Crippen LogP contribution in [0.3, 0.4) is 0 Å². The minimum Gasteiger partial charge on any atom is -0.392 e. The minimum absolute atomic E-state index is 0.101. The average Bonchev–Trinajstić information content (AvgIpc) is 2.42. The fourth-order valence-electron chi connectivity index (χ4n) is 2.34. The molecule has 2 aromatic carbocycles. The first-order valence-electron chi connectivity index (χ1n) is 6.70. The van der Waals surface area contributed by atoms with Crippen molar-refractivity contribution in [1.29, 1.82) is 0 Å². The summed E-state index contributed by atoms with van der Waals surface area (Å²) in [6.07, 6.45) is 0.872. The van der Waals surface area contributed by atoms with Crippen LogP contribution in [0.1, 0.15) is 22.3 Å². The van der Waals surface area contributed by atoms with Crippen molar-refractivity contribution in [2.24, 2.45) is 0 Å². The summed E-state index contributed by atoms with van der Waals surface area (Å²) < 4.78 is 1.26. The second kappa shape index (κ2) is 7.20. The SMILES string of the molecule is CN(C)Cc1cc(I)ccc1Cc1ccccc1CO. The fraction of sp³-hybridized carbons (Fsp3) is 0.294. The molecule has 0 spiro atoms. The molecular formula is C17H20INO. The van der Waals surface area contributed by atoms with Crippen molar-refractivity contribution in [3.8, 4) is 0 Å². The molecule has 0 aromatic heterocycles. The van der Waals surface area contributed by atoms with Crippen LogP contribution in [-0.4, -0.2) is 24.1 Å². The predicted molar refractivity (Wildman–Crippen MR) is 91.7 cm³/mol. The van der Waals surface area contributed by atoms with Crippen LogP contribution in [0.2, 0.25) is 0 Å². The molecule has 0 radical (unpaired) electrons. The van der Waals surface area contributed by atoms with Gasteiger partial charge >= 0.3 is 0 Å². The van der Waals surface area contributed by atoms with Crippen LogP contribution in [0.5, 0.6) is 0 Å². The molecule has 1 N–H and O–H groups in total. The van der Waals surface area contributed by atoms with Gasteiger partial charge in [-0.05, 0) is 77.5 Å². The van der Waals surface area contributed by atoms with E-state index in [-0.39, 0.29) is 6.61 Å². The second-order valence-electron chi connectivity index (χ2n) is 5.25. The highest BCUT2D eigenvalue weighted by Crippen LogP contribution is 2.20. The lowest BCUT2D eigenvalue weighted by Crippen LogP contribution is -2.13. The number of hydrogen-bond donors (Lipinski definition) is 1. The summed E-state index contributed by atoms with van der Waals surface area (Å²) in [5.74, 6) is 0. The lowest BCUT2D eigenvalue weighted by molar-refractivity contribution is 0.281. The number of nitrogens with zero attached hydrogens (tertiary/aromatic N) is 1. The summed E-state index contributed by atoms with van der Waals surface area (Å²) in [4.78, 5) is 2.19. The zero-order chi connectivity index (χ0) is 14.5. The molecule has 0 saturated carbocycles. The van der Waals surface area contributed by atoms with Gasteiger partial charge in [-0.2, -0.15) is 0 Å². The molecule has 0 fully saturated rings. The fourth-order valence-corrected chi connectivity index (χ4v) is 2.90. The number of hydrogen-bond acceptors (Lipinski definition) is 2. The first-order chi connectivity index (χ1) is 9.60. The van der Waals surface area contributed by atoms with Gasteiger partial charge in [0.1, 0.15) is 0 Å². The van der Waals surface area contributed by atoms with Crippen molar-refractivity contribution in [2.75, 3.05) is 14.1 Å². The molecule has 3 heteroatoms. The molecule has 2 aromatic rings. The Balaban J connectivity index is 2.33. The zero-order valence-electron chi connectivity index (χ0n) is 11.9. The molecule has 0 aliphatic heterocycles. The quantitative estimate of drug-likeness (QED) is 0.803. The smallest absolute Gasteiger partial charge is 0.0684 e. The van der Waals surface area contributed by atoms with Crippen LogP contribution in [-0.2, 0) is 19.6 Å². The standard InChI is InChI=1S/C17H20INO/c1-19(2)11-16-10-17(18)8-7-14(16)9-13-5-3-4-6-15(13)12-20/h3-8,10,20H,9,11-12H2,1-2H3. The molecule has 0 aliphatic carbocycles. The first kappa shape index (κ1) is 15.5. The third kappa shape index (κ3) is 4.04. The summed E-state index contributed by atoms with van der Waals surface area (Å²) in [7, 11) is 4.18. The van der Waals surface area contributed by atoms with Crippen LogP contribution >= 0.6 is 22.6 Å². The molecule has 0 aliphatic rings. The lowest BCUT2D eigenvalue weighted by Gasteiger charge is -2.16. The van der Waals surface area contributed by atoms with Gasteiger partial charge in [0, 0.05) is 10.1 Å². The normalized spacial score (nSPS) is 11.1. The first-order valence-corrected chi connectivity index (χ1v) is 7.77. The van der Waals surface area contributed by atoms with E-state index in [1.165, 1.54) is 20.3 Å². The highest BCUT2D eigenvalue weighted by atomic mass is 127. The van der Waals surface area contributed by atoms with E-state index in [9.17, 15) is 5.11 Å². The Morgan fingerprint density at radius 2 is 1.60 bits per heavy atom. The van der Waals surface area contributed by atoms with Crippen LogP contribution in [0.4, 0.5) is 0 Å². The Morgan fingerprint density at radius 1 is 0.950 bits per heavy atom. The molecule has 0 amide bonds. The molecule has 20 heavy (non-hydrogen) atoms. The van der Waals surface area contributed by atoms with Gasteiger partial charge in [0.05, 0.1) is 6.61 Å². The van der Waals surface area contributed by atoms with Gasteiger partial charge in [-0.25, -0.2) is 0 Å². The van der Waals surface area contributed by atoms with Crippen LogP contribution < -0.4 is 0 Å². The van der Waals surface area contributed by atoms with Crippen molar-refractivity contribution in [3.63, 3.8) is 0 Å². The van der Waals surface area contributed by atoms with Crippen LogP contribution in [0.25, 0.3) is 0 Å². The summed E-state index contributed by atoms with van der Waals surface area (Å²) in [6, 6.07) is 14.7. The molecule has 0 heterocycles. The second-order valence-corrected chi connectivity index (χ2v) is 6.50. The number of benzene rings is 2. The lowest BCUT2D eigenvalue weighted by atomic mass is 9.96. The van der Waals surface area contributed by atoms with Crippen molar-refractivity contribution >= 4 is 22.6 Å². The van der Waals surface area contributed by atoms with Crippen molar-refractivity contribution in [2.45, 2.75) is 19.6 Å². The Morgan fingerprint density at radius 3 is 2.25 bits per heavy atom. The maximum Gasteiger partial charge on any atom is 0.0684 e. The van der Waals surface area contributed by atoms with Gasteiger partial charge < -0.3 is 10.0 Å². The summed E-state index contributed by atoms with van der Waals surface area (Å²) in [6.45, 7) is 1.04. The van der Waals surface area contributed by atoms with Crippen molar-refractivity contribution < 1.29 is 5.11 Å². The van der Waals surface area contributed by atoms with E-state index in [2.05, 4.69) is 65.9 Å². The molecule has 0 saturated heterocycles. The molecule has 2 rings (SSSR count). The number of aliphatic hydroxyl groups is 1. The van der Waals surface area contributed by atoms with Crippen molar-refractivity contribution in [1.82, 2.24) is 4.90 Å². The Bertz CT molecular complexity index is 581. The van der Waals surface area contributed by atoms with Gasteiger partial charge in [-0.1, -0.05) is 30.3 Å². The third-order valence-corrected chi connectivity index (χ3v) is 4.00. The van der Waals surface area contributed by atoms with E-state index < -0.39 is 0 Å². The van der Waals surface area contributed by atoms with Crippen molar-refractivity contribution in [3.05, 3.63) is 68.3 Å². The maximum absolute atomic E-state index is 9.45. The van der Waals surface area contributed by atoms with E-state index in [0.29, 0.717) is 0 Å². The molecule has 0 unspecified atom stereocenters. The van der Waals surface area contributed by atoms with Gasteiger partial charge in [0.15, 0.2) is 0 Å². The zero-order valence-corrected chi connectivity index (χ0v) is 14.1. The van der Waals surface area contributed by atoms with Gasteiger partial charge in [0.25, 0.3) is 0 Å². The summed E-state index contributed by atoms with van der Waals surface area (Å²) in [5.41, 5.74) is 4.91. The van der Waals surface area contributed by atoms with E-state index in [0.717, 1.165) is 18.5 Å². The van der Waals surface area contributed by atoms with E-state index in [4.69, 9.17) is 0 Å². The molecule has 2 nitrogen and oxygen atoms in total. The number of rotatable bonds is 5. The number of aliphatic hydroxyl groups excluding tert-OH is 1. The van der Waals surface area contributed by atoms with Gasteiger partial charge in [-0.15, -0.1) is 0 Å². The largest absolute Gasteiger partial charge is 0.392 e. The Labute approximate surface area is 134 Å². The molecule has 106 valence electrons. The number of halogens is 1. The van der Waals surface area contributed by atoms with Gasteiger partial charge in [0.2, 0.25) is 0 Å². The van der Waals surface area contributed by atoms with Crippen LogP contribution in [0.15, 0.2) is 42.5 Å². The average molecular weight is 381 g/mol. The predicted octanol–water partition coefficient (Wildman–Crippen LogP) is 3.44. The van der Waals surface area contributed by atoms with E-state index in [1.807, 2.05) is 18.2 Å². The molecule has 0 atom stereocenters. The highest BCUT2D eigenvalue weighted by molar-refractivity contribution is 14.1. The monoisotopic (exact) mass is 381 g/mol. The Hall–Kier alpha value is -0.910.